The molecule has 68 valence electrons. The number of rotatable bonds is 0. The summed E-state index contributed by atoms with van der Waals surface area (Å²) < 4.78 is 0. The molecule has 14 heavy (non-hydrogen) atoms. The SMILES string of the molecule is O=C1C=c2ncncc2=C2SCN=C12. The summed E-state index contributed by atoms with van der Waals surface area (Å²) in [6, 6.07) is 0. The lowest BCUT2D eigenvalue weighted by Gasteiger charge is -2.03. The summed E-state index contributed by atoms with van der Waals surface area (Å²) >= 11 is 1.56. The molecule has 0 spiro atoms. The number of ketones is 1. The maximum atomic E-state index is 11.6. The van der Waals surface area contributed by atoms with Crippen LogP contribution in [-0.4, -0.2) is 27.3 Å². The monoisotopic (exact) mass is 203 g/mol. The van der Waals surface area contributed by atoms with Gasteiger partial charge in [-0.1, -0.05) is 11.8 Å². The number of Topliss-reactive ketones (excluding diaryl/α,β-unsaturated/α-hetero) is 1. The first kappa shape index (κ1) is 7.87. The molecule has 0 fully saturated rings. The molecule has 0 radical (unpaired) electrons. The molecule has 0 N–H and O–H groups in total. The van der Waals surface area contributed by atoms with Gasteiger partial charge in [0.2, 0.25) is 5.78 Å². The lowest BCUT2D eigenvalue weighted by atomic mass is 10.1. The highest BCUT2D eigenvalue weighted by molar-refractivity contribution is 8.09. The molecule has 0 atom stereocenters. The highest BCUT2D eigenvalue weighted by atomic mass is 32.2. The molecule has 1 aliphatic carbocycles. The molecule has 5 heteroatoms. The molecule has 3 rings (SSSR count). The highest BCUT2D eigenvalue weighted by Crippen LogP contribution is 2.25. The van der Waals surface area contributed by atoms with Gasteiger partial charge >= 0.3 is 0 Å². The Hall–Kier alpha value is -1.49. The fourth-order valence-corrected chi connectivity index (χ4v) is 2.46. The van der Waals surface area contributed by atoms with Crippen LogP contribution in [0.25, 0.3) is 11.0 Å². The van der Waals surface area contributed by atoms with Crippen molar-refractivity contribution in [3.05, 3.63) is 23.1 Å². The van der Waals surface area contributed by atoms with Gasteiger partial charge in [-0.3, -0.25) is 9.79 Å². The molecule has 0 unspecified atom stereocenters. The summed E-state index contributed by atoms with van der Waals surface area (Å²) in [5.74, 6) is 0.578. The number of fused-ring (bicyclic) bond motifs is 2. The normalized spacial score (nSPS) is 18.4. The van der Waals surface area contributed by atoms with Crippen molar-refractivity contribution < 1.29 is 4.79 Å². The van der Waals surface area contributed by atoms with Crippen molar-refractivity contribution >= 4 is 34.2 Å². The second kappa shape index (κ2) is 2.75. The smallest absolute Gasteiger partial charge is 0.207 e. The number of hydrogen-bond acceptors (Lipinski definition) is 5. The Morgan fingerprint density at radius 1 is 1.43 bits per heavy atom. The molecule has 0 saturated carbocycles. The van der Waals surface area contributed by atoms with Crippen LogP contribution in [0.5, 0.6) is 0 Å². The summed E-state index contributed by atoms with van der Waals surface area (Å²) in [6.07, 6.45) is 4.70. The van der Waals surface area contributed by atoms with E-state index in [1.54, 1.807) is 18.0 Å². The van der Waals surface area contributed by atoms with Gasteiger partial charge in [0.1, 0.15) is 12.0 Å². The summed E-state index contributed by atoms with van der Waals surface area (Å²) in [7, 11) is 0. The Morgan fingerprint density at radius 3 is 3.29 bits per heavy atom. The van der Waals surface area contributed by atoms with Crippen LogP contribution >= 0.6 is 11.8 Å². The lowest BCUT2D eigenvalue weighted by molar-refractivity contribution is -0.107. The Morgan fingerprint density at radius 2 is 2.36 bits per heavy atom. The average molecular weight is 203 g/mol. The Balaban J connectivity index is 2.51. The predicted molar refractivity (Wildman–Crippen MR) is 54.1 cm³/mol. The number of carbonyl (C=O) groups is 1. The topological polar surface area (TPSA) is 55.2 Å². The van der Waals surface area contributed by atoms with E-state index in [1.165, 1.54) is 12.4 Å². The first-order valence-electron chi connectivity index (χ1n) is 4.10. The molecule has 2 heterocycles. The minimum atomic E-state index is -0.0452. The van der Waals surface area contributed by atoms with E-state index in [-0.39, 0.29) is 5.78 Å². The van der Waals surface area contributed by atoms with Crippen molar-refractivity contribution in [3.8, 4) is 0 Å². The molecule has 1 aromatic heterocycles. The Bertz CT molecular complexity index is 576. The quantitative estimate of drug-likeness (QED) is 0.548. The van der Waals surface area contributed by atoms with Crippen LogP contribution in [-0.2, 0) is 4.79 Å². The van der Waals surface area contributed by atoms with Gasteiger partial charge in [0.25, 0.3) is 0 Å². The predicted octanol–water partition coefficient (Wildman–Crippen LogP) is -0.907. The maximum Gasteiger partial charge on any atom is 0.207 e. The molecule has 2 aliphatic rings. The molecular weight excluding hydrogens is 198 g/mol. The third kappa shape index (κ3) is 0.957. The van der Waals surface area contributed by atoms with Crippen molar-refractivity contribution in [2.75, 3.05) is 5.88 Å². The first-order chi connectivity index (χ1) is 6.86. The van der Waals surface area contributed by atoms with E-state index in [4.69, 9.17) is 0 Å². The summed E-state index contributed by atoms with van der Waals surface area (Å²) in [5, 5.41) is 1.63. The number of hydrogen-bond donors (Lipinski definition) is 0. The summed E-state index contributed by atoms with van der Waals surface area (Å²) in [6.45, 7) is 0. The van der Waals surface area contributed by atoms with Gasteiger partial charge in [-0.2, -0.15) is 0 Å². The number of nitrogens with zero attached hydrogens (tertiary/aromatic N) is 3. The first-order valence-corrected chi connectivity index (χ1v) is 5.09. The van der Waals surface area contributed by atoms with Gasteiger partial charge in [0.05, 0.1) is 11.2 Å². The van der Waals surface area contributed by atoms with E-state index in [0.29, 0.717) is 16.9 Å². The molecule has 0 aromatic carbocycles. The molecule has 1 aliphatic heterocycles. The van der Waals surface area contributed by atoms with Crippen LogP contribution in [0.3, 0.4) is 0 Å². The van der Waals surface area contributed by atoms with Crippen LogP contribution in [0.2, 0.25) is 0 Å². The molecular formula is C9H5N3OS. The van der Waals surface area contributed by atoms with Gasteiger partial charge in [0.15, 0.2) is 0 Å². The van der Waals surface area contributed by atoms with Gasteiger partial charge in [-0.25, -0.2) is 9.97 Å². The fraction of sp³-hybridized carbons (Fsp3) is 0.111. The van der Waals surface area contributed by atoms with Crippen LogP contribution in [0.4, 0.5) is 0 Å². The lowest BCUT2D eigenvalue weighted by Crippen LogP contribution is -2.38. The van der Waals surface area contributed by atoms with Crippen molar-refractivity contribution in [2.24, 2.45) is 4.99 Å². The van der Waals surface area contributed by atoms with Gasteiger partial charge in [0, 0.05) is 22.4 Å². The van der Waals surface area contributed by atoms with Crippen LogP contribution in [0.1, 0.15) is 0 Å². The van der Waals surface area contributed by atoms with Crippen molar-refractivity contribution in [1.82, 2.24) is 9.97 Å². The minimum Gasteiger partial charge on any atom is -0.287 e. The largest absolute Gasteiger partial charge is 0.287 e. The molecule has 0 amide bonds. The molecule has 4 nitrogen and oxygen atoms in total. The van der Waals surface area contributed by atoms with Gasteiger partial charge < -0.3 is 0 Å². The van der Waals surface area contributed by atoms with E-state index in [1.807, 2.05) is 0 Å². The number of thioether (sulfide) groups is 1. The maximum absolute atomic E-state index is 11.6. The van der Waals surface area contributed by atoms with Gasteiger partial charge in [-0.15, -0.1) is 0 Å². The third-order valence-electron chi connectivity index (χ3n) is 2.14. The van der Waals surface area contributed by atoms with Crippen LogP contribution in [0, 0.1) is 0 Å². The van der Waals surface area contributed by atoms with Crippen LogP contribution < -0.4 is 10.6 Å². The van der Waals surface area contributed by atoms with Crippen molar-refractivity contribution in [1.29, 1.82) is 0 Å². The molecule has 1 aromatic rings. The van der Waals surface area contributed by atoms with E-state index in [0.717, 1.165) is 10.1 Å². The Labute approximate surface area is 83.5 Å². The van der Waals surface area contributed by atoms with Crippen molar-refractivity contribution in [2.45, 2.75) is 0 Å². The van der Waals surface area contributed by atoms with Gasteiger partial charge in [-0.05, 0) is 0 Å². The highest BCUT2D eigenvalue weighted by Gasteiger charge is 2.24. The standard InChI is InChI=1S/C9H5N3OS/c13-7-1-6-5(2-10-3-11-6)9-8(7)12-4-14-9/h1-3H,4H2. The van der Waals surface area contributed by atoms with Crippen LogP contribution in [0.15, 0.2) is 17.5 Å². The zero-order valence-electron chi connectivity index (χ0n) is 7.10. The van der Waals surface area contributed by atoms with E-state index < -0.39 is 0 Å². The molecule has 0 bridgehead atoms. The second-order valence-corrected chi connectivity index (χ2v) is 3.89. The zero-order valence-corrected chi connectivity index (χ0v) is 7.91. The minimum absolute atomic E-state index is 0.0452. The van der Waals surface area contributed by atoms with Crippen molar-refractivity contribution in [3.63, 3.8) is 0 Å². The summed E-state index contributed by atoms with van der Waals surface area (Å²) in [5.41, 5.74) is 0.567. The molecule has 0 saturated heterocycles. The summed E-state index contributed by atoms with van der Waals surface area (Å²) in [4.78, 5) is 24.6. The third-order valence-corrected chi connectivity index (χ3v) is 3.10. The number of carbonyl (C=O) groups excluding carboxylic acids is 1. The Kier molecular flexibility index (Phi) is 1.55. The zero-order chi connectivity index (χ0) is 9.54. The van der Waals surface area contributed by atoms with E-state index in [2.05, 4.69) is 15.0 Å². The fourth-order valence-electron chi connectivity index (χ4n) is 1.52. The number of aromatic nitrogens is 2. The number of aliphatic imine (C=N–C) groups is 1. The average Bonchev–Trinajstić information content (AvgIpc) is 2.67. The van der Waals surface area contributed by atoms with E-state index in [9.17, 15) is 4.79 Å². The van der Waals surface area contributed by atoms with E-state index >= 15 is 0 Å². The second-order valence-electron chi connectivity index (χ2n) is 2.94.